The minimum atomic E-state index is -2.21. The van der Waals surface area contributed by atoms with Crippen molar-refractivity contribution >= 4 is 11.9 Å². The quantitative estimate of drug-likeness (QED) is 0.135. The van der Waals surface area contributed by atoms with E-state index in [1.54, 1.807) is 0 Å². The Bertz CT molecular complexity index is 496. The highest BCUT2D eigenvalue weighted by atomic mass is 16.6. The molecule has 0 aromatic rings. The van der Waals surface area contributed by atoms with Gasteiger partial charge in [0.05, 0.1) is 12.7 Å². The average Bonchev–Trinajstić information content (AvgIpc) is 2.76. The Labute approximate surface area is 188 Å². The maximum Gasteiger partial charge on any atom is 0.348 e. The number of aliphatic hydroxyl groups is 4. The summed E-state index contributed by atoms with van der Waals surface area (Å²) in [6, 6.07) is 0. The first kappa shape index (κ1) is 30.0. The van der Waals surface area contributed by atoms with E-state index in [4.69, 9.17) is 4.74 Å². The van der Waals surface area contributed by atoms with Gasteiger partial charge in [0.15, 0.2) is 11.2 Å². The van der Waals surface area contributed by atoms with Gasteiger partial charge in [-0.25, -0.2) is 9.59 Å². The van der Waals surface area contributed by atoms with E-state index in [1.165, 1.54) is 0 Å². The molecule has 0 aliphatic rings. The fourth-order valence-electron chi connectivity index (χ4n) is 3.59. The lowest BCUT2D eigenvalue weighted by molar-refractivity contribution is -0.196. The van der Waals surface area contributed by atoms with Crippen LogP contribution >= 0.6 is 0 Å². The van der Waals surface area contributed by atoms with Gasteiger partial charge in [-0.05, 0) is 32.1 Å². The predicted octanol–water partition coefficient (Wildman–Crippen LogP) is 3.78. The summed E-state index contributed by atoms with van der Waals surface area (Å²) < 4.78 is 4.84. The lowest BCUT2D eigenvalue weighted by Gasteiger charge is -2.32. The second-order valence-corrected chi connectivity index (χ2v) is 8.78. The fourth-order valence-corrected chi connectivity index (χ4v) is 3.59. The molecule has 0 aliphatic heterocycles. The molecular weight excluding hydrogens is 400 g/mol. The summed E-state index contributed by atoms with van der Waals surface area (Å²) >= 11 is 0. The van der Waals surface area contributed by atoms with Crippen LogP contribution in [-0.2, 0) is 14.3 Å². The predicted molar refractivity (Wildman–Crippen MR) is 120 cm³/mol. The molecule has 3 atom stereocenters. The van der Waals surface area contributed by atoms with Crippen LogP contribution in [0.5, 0.6) is 0 Å². The van der Waals surface area contributed by atoms with Gasteiger partial charge in [0.1, 0.15) is 0 Å². The molecule has 0 saturated heterocycles. The van der Waals surface area contributed by atoms with Crippen molar-refractivity contribution in [2.75, 3.05) is 6.61 Å². The molecule has 0 saturated carbocycles. The van der Waals surface area contributed by atoms with Gasteiger partial charge in [-0.15, -0.1) is 0 Å². The molecule has 0 rings (SSSR count). The number of ether oxygens (including phenoxy) is 1. The fraction of sp³-hybridized carbons (Fsp3) is 0.917. The number of hydrogen-bond donors (Lipinski definition) is 4. The van der Waals surface area contributed by atoms with Gasteiger partial charge >= 0.3 is 11.9 Å². The van der Waals surface area contributed by atoms with Crippen LogP contribution in [0.2, 0.25) is 0 Å². The lowest BCUT2D eigenvalue weighted by Crippen LogP contribution is -2.54. The van der Waals surface area contributed by atoms with Crippen LogP contribution in [0.3, 0.4) is 0 Å². The third kappa shape index (κ3) is 10.9. The monoisotopic (exact) mass is 446 g/mol. The number of aliphatic hydroxyl groups excluding tert-OH is 2. The highest BCUT2D eigenvalue weighted by Crippen LogP contribution is 2.27. The minimum absolute atomic E-state index is 0.0257. The maximum atomic E-state index is 12.8. The summed E-state index contributed by atoms with van der Waals surface area (Å²) in [5, 5.41) is 41.6. The van der Waals surface area contributed by atoms with E-state index in [-0.39, 0.29) is 19.3 Å². The van der Waals surface area contributed by atoms with Gasteiger partial charge in [-0.2, -0.15) is 0 Å². The van der Waals surface area contributed by atoms with Crippen molar-refractivity contribution in [1.29, 1.82) is 0 Å². The Morgan fingerprint density at radius 2 is 1.23 bits per heavy atom. The van der Waals surface area contributed by atoms with Gasteiger partial charge in [0.25, 0.3) is 0 Å². The van der Waals surface area contributed by atoms with Crippen LogP contribution < -0.4 is 0 Å². The molecule has 7 heteroatoms. The summed E-state index contributed by atoms with van der Waals surface area (Å²) in [5.74, 6) is -2.53. The van der Waals surface area contributed by atoms with Crippen molar-refractivity contribution in [2.24, 2.45) is 0 Å². The molecule has 31 heavy (non-hydrogen) atoms. The number of hydrogen-bond acceptors (Lipinski definition) is 7. The second-order valence-electron chi connectivity index (χ2n) is 8.78. The molecular formula is C24H46O7. The standard InChI is InChI=1S/C24H46O7/c1-4-7-10-13-16-20(26)24(30,18-15-12-9-6-3)22(28)31-21(27)23(29,19-25)17-14-11-8-5-2/h20,25-26,29-30H,4-19H2,1-3H3. The first-order valence-corrected chi connectivity index (χ1v) is 12.2. The summed E-state index contributed by atoms with van der Waals surface area (Å²) in [6.45, 7) is 5.26. The molecule has 0 heterocycles. The summed E-state index contributed by atoms with van der Waals surface area (Å²) in [5.41, 5.74) is -4.41. The molecule has 0 spiro atoms. The number of esters is 2. The maximum absolute atomic E-state index is 12.8. The van der Waals surface area contributed by atoms with E-state index in [9.17, 15) is 30.0 Å². The number of unbranched alkanes of at least 4 members (excludes halogenated alkanes) is 9. The first-order valence-electron chi connectivity index (χ1n) is 12.2. The molecule has 184 valence electrons. The van der Waals surface area contributed by atoms with Gasteiger partial charge in [-0.1, -0.05) is 85.0 Å². The zero-order valence-electron chi connectivity index (χ0n) is 19.9. The Hall–Kier alpha value is -1.02. The van der Waals surface area contributed by atoms with Crippen molar-refractivity contribution in [3.63, 3.8) is 0 Å². The molecule has 0 radical (unpaired) electrons. The summed E-state index contributed by atoms with van der Waals surface area (Å²) in [6.07, 6.45) is 8.67. The van der Waals surface area contributed by atoms with Gasteiger partial charge in [-0.3, -0.25) is 0 Å². The van der Waals surface area contributed by atoms with E-state index in [0.29, 0.717) is 19.3 Å². The molecule has 3 unspecified atom stereocenters. The summed E-state index contributed by atoms with van der Waals surface area (Å²) in [7, 11) is 0. The van der Waals surface area contributed by atoms with Crippen molar-refractivity contribution in [1.82, 2.24) is 0 Å². The zero-order valence-corrected chi connectivity index (χ0v) is 19.9. The second kappa shape index (κ2) is 16.6. The highest BCUT2D eigenvalue weighted by Gasteiger charge is 2.47. The third-order valence-electron chi connectivity index (χ3n) is 5.92. The van der Waals surface area contributed by atoms with E-state index >= 15 is 0 Å². The topological polar surface area (TPSA) is 124 Å². The molecule has 0 fully saturated rings. The van der Waals surface area contributed by atoms with Crippen molar-refractivity contribution in [2.45, 2.75) is 134 Å². The molecule has 0 amide bonds. The molecule has 7 nitrogen and oxygen atoms in total. The van der Waals surface area contributed by atoms with Crippen molar-refractivity contribution in [3.8, 4) is 0 Å². The third-order valence-corrected chi connectivity index (χ3v) is 5.92. The summed E-state index contributed by atoms with van der Waals surface area (Å²) in [4.78, 5) is 25.2. The molecule has 4 N–H and O–H groups in total. The lowest BCUT2D eigenvalue weighted by atomic mass is 9.87. The van der Waals surface area contributed by atoms with Crippen LogP contribution in [0.15, 0.2) is 0 Å². The van der Waals surface area contributed by atoms with Gasteiger partial charge in [0, 0.05) is 0 Å². The Morgan fingerprint density at radius 3 is 1.71 bits per heavy atom. The SMILES string of the molecule is CCCCCCC(O)C(O)(CCCCCC)C(=O)OC(=O)C(O)(CO)CCCCCC. The zero-order chi connectivity index (χ0) is 23.8. The highest BCUT2D eigenvalue weighted by molar-refractivity contribution is 5.94. The Balaban J connectivity index is 5.18. The Kier molecular flexibility index (Phi) is 16.0. The van der Waals surface area contributed by atoms with Gasteiger partial charge < -0.3 is 25.2 Å². The van der Waals surface area contributed by atoms with E-state index in [2.05, 4.69) is 6.92 Å². The number of carbonyl (C=O) groups excluding carboxylic acids is 2. The van der Waals surface area contributed by atoms with Crippen LogP contribution in [0.25, 0.3) is 0 Å². The smallest absolute Gasteiger partial charge is 0.348 e. The largest absolute Gasteiger partial charge is 0.393 e. The molecule has 0 bridgehead atoms. The van der Waals surface area contributed by atoms with Crippen LogP contribution in [0.4, 0.5) is 0 Å². The van der Waals surface area contributed by atoms with E-state index in [0.717, 1.165) is 57.8 Å². The Morgan fingerprint density at radius 1 is 0.742 bits per heavy atom. The van der Waals surface area contributed by atoms with Crippen molar-refractivity contribution in [3.05, 3.63) is 0 Å². The molecule has 0 aromatic heterocycles. The first-order chi connectivity index (χ1) is 14.7. The van der Waals surface area contributed by atoms with Crippen LogP contribution in [-0.4, -0.2) is 56.3 Å². The minimum Gasteiger partial charge on any atom is -0.393 e. The number of rotatable bonds is 19. The normalized spacial score (nSPS) is 16.4. The van der Waals surface area contributed by atoms with Crippen LogP contribution in [0, 0.1) is 0 Å². The molecule has 0 aliphatic carbocycles. The molecule has 0 aromatic carbocycles. The van der Waals surface area contributed by atoms with Crippen LogP contribution in [0.1, 0.15) is 117 Å². The van der Waals surface area contributed by atoms with E-state index < -0.39 is 35.9 Å². The van der Waals surface area contributed by atoms with E-state index in [1.807, 2.05) is 13.8 Å². The van der Waals surface area contributed by atoms with Crippen molar-refractivity contribution < 1.29 is 34.8 Å². The number of carbonyl (C=O) groups is 2. The van der Waals surface area contributed by atoms with Gasteiger partial charge in [0.2, 0.25) is 0 Å². The average molecular weight is 447 g/mol.